The van der Waals surface area contributed by atoms with Crippen molar-refractivity contribution in [2.45, 2.75) is 19.5 Å². The van der Waals surface area contributed by atoms with Gasteiger partial charge in [0.25, 0.3) is 0 Å². The van der Waals surface area contributed by atoms with Gasteiger partial charge < -0.3 is 14.8 Å². The van der Waals surface area contributed by atoms with E-state index < -0.39 is 0 Å². The summed E-state index contributed by atoms with van der Waals surface area (Å²) in [6.45, 7) is 7.59. The van der Waals surface area contributed by atoms with Crippen LogP contribution >= 0.6 is 11.3 Å². The molecule has 1 heterocycles. The van der Waals surface area contributed by atoms with Crippen LogP contribution in [0.25, 0.3) is 0 Å². The first kappa shape index (κ1) is 16.6. The second kappa shape index (κ2) is 10.3. The molecule has 0 spiro atoms. The third kappa shape index (κ3) is 7.03. The number of thiophene rings is 1. The summed E-state index contributed by atoms with van der Waals surface area (Å²) in [5, 5.41) is 5.62. The highest BCUT2D eigenvalue weighted by molar-refractivity contribution is 7.09. The van der Waals surface area contributed by atoms with Gasteiger partial charge in [-0.15, -0.1) is 11.3 Å². The van der Waals surface area contributed by atoms with E-state index >= 15 is 0 Å². The molecule has 0 bridgehead atoms. The van der Waals surface area contributed by atoms with Gasteiger partial charge in [0, 0.05) is 51.3 Å². The molecule has 0 amide bonds. The van der Waals surface area contributed by atoms with Crippen molar-refractivity contribution in [2.75, 3.05) is 47.1 Å². The molecule has 0 aliphatic heterocycles. The molecule has 5 heteroatoms. The maximum Gasteiger partial charge on any atom is 0.0589 e. The molecule has 0 radical (unpaired) electrons. The Morgan fingerprint density at radius 3 is 2.47 bits per heavy atom. The average Bonchev–Trinajstić information content (AvgIpc) is 2.92. The zero-order chi connectivity index (χ0) is 13.9. The number of rotatable bonds is 11. The van der Waals surface area contributed by atoms with Gasteiger partial charge in [-0.25, -0.2) is 0 Å². The molecule has 1 N–H and O–H groups in total. The molecule has 0 saturated heterocycles. The lowest BCUT2D eigenvalue weighted by Gasteiger charge is -2.28. The minimum atomic E-state index is 0.477. The predicted molar refractivity (Wildman–Crippen MR) is 80.8 cm³/mol. The lowest BCUT2D eigenvalue weighted by Crippen LogP contribution is -2.43. The van der Waals surface area contributed by atoms with Crippen LogP contribution in [0.4, 0.5) is 0 Å². The summed E-state index contributed by atoms with van der Waals surface area (Å²) in [5.74, 6) is 0. The second-order valence-corrected chi connectivity index (χ2v) is 5.61. The standard InChI is InChI=1S/C14H26N2O2S/c1-13(11-15-12-14-5-4-10-19-14)16(6-8-17-2)7-9-18-3/h4-5,10,13,15H,6-9,11-12H2,1-3H3. The first-order valence-electron chi connectivity index (χ1n) is 6.73. The van der Waals surface area contributed by atoms with Crippen molar-refractivity contribution in [1.29, 1.82) is 0 Å². The third-order valence-corrected chi connectivity index (χ3v) is 3.98. The topological polar surface area (TPSA) is 33.7 Å². The summed E-state index contributed by atoms with van der Waals surface area (Å²) < 4.78 is 10.3. The van der Waals surface area contributed by atoms with Crippen molar-refractivity contribution in [3.05, 3.63) is 22.4 Å². The van der Waals surface area contributed by atoms with Gasteiger partial charge in [0.15, 0.2) is 0 Å². The number of methoxy groups -OCH3 is 2. The summed E-state index contributed by atoms with van der Waals surface area (Å²) in [7, 11) is 3.49. The molecule has 19 heavy (non-hydrogen) atoms. The molecule has 4 nitrogen and oxygen atoms in total. The molecule has 0 fully saturated rings. The Bertz CT molecular complexity index is 298. The monoisotopic (exact) mass is 286 g/mol. The molecular formula is C14H26N2O2S. The van der Waals surface area contributed by atoms with Crippen molar-refractivity contribution in [3.63, 3.8) is 0 Å². The fourth-order valence-electron chi connectivity index (χ4n) is 1.92. The maximum absolute atomic E-state index is 5.16. The smallest absolute Gasteiger partial charge is 0.0589 e. The maximum atomic E-state index is 5.16. The van der Waals surface area contributed by atoms with Crippen LogP contribution in [0.3, 0.4) is 0 Å². The fourth-order valence-corrected chi connectivity index (χ4v) is 2.59. The zero-order valence-electron chi connectivity index (χ0n) is 12.2. The number of ether oxygens (including phenoxy) is 2. The Morgan fingerprint density at radius 2 is 1.95 bits per heavy atom. The number of nitrogens with zero attached hydrogens (tertiary/aromatic N) is 1. The van der Waals surface area contributed by atoms with E-state index in [0.717, 1.165) is 39.4 Å². The lowest BCUT2D eigenvalue weighted by molar-refractivity contribution is 0.0915. The van der Waals surface area contributed by atoms with E-state index in [-0.39, 0.29) is 0 Å². The molecule has 0 aliphatic rings. The van der Waals surface area contributed by atoms with Crippen molar-refractivity contribution in [1.82, 2.24) is 10.2 Å². The SMILES string of the molecule is COCCN(CCOC)C(C)CNCc1cccs1. The van der Waals surface area contributed by atoms with E-state index in [1.165, 1.54) is 4.88 Å². The van der Waals surface area contributed by atoms with Crippen LogP contribution in [-0.2, 0) is 16.0 Å². The molecule has 0 aliphatic carbocycles. The quantitative estimate of drug-likeness (QED) is 0.673. The largest absolute Gasteiger partial charge is 0.383 e. The molecule has 0 saturated carbocycles. The van der Waals surface area contributed by atoms with Gasteiger partial charge >= 0.3 is 0 Å². The van der Waals surface area contributed by atoms with Gasteiger partial charge in [0.05, 0.1) is 13.2 Å². The Labute approximate surface area is 120 Å². The number of nitrogens with one attached hydrogen (secondary N) is 1. The Balaban J connectivity index is 2.26. The molecular weight excluding hydrogens is 260 g/mol. The van der Waals surface area contributed by atoms with Crippen LogP contribution in [0.15, 0.2) is 17.5 Å². The molecule has 1 atom stereocenters. The zero-order valence-corrected chi connectivity index (χ0v) is 13.0. The summed E-state index contributed by atoms with van der Waals surface area (Å²) >= 11 is 1.79. The van der Waals surface area contributed by atoms with Crippen molar-refractivity contribution < 1.29 is 9.47 Å². The minimum absolute atomic E-state index is 0.477. The van der Waals surface area contributed by atoms with Crippen LogP contribution in [0.5, 0.6) is 0 Å². The van der Waals surface area contributed by atoms with E-state index in [2.05, 4.69) is 34.7 Å². The third-order valence-electron chi connectivity index (χ3n) is 3.11. The molecule has 1 unspecified atom stereocenters. The summed E-state index contributed by atoms with van der Waals surface area (Å²) in [5.41, 5.74) is 0. The van der Waals surface area contributed by atoms with Crippen LogP contribution in [-0.4, -0.2) is 58.0 Å². The van der Waals surface area contributed by atoms with Gasteiger partial charge in [-0.3, -0.25) is 4.90 Å². The van der Waals surface area contributed by atoms with Crippen LogP contribution < -0.4 is 5.32 Å². The van der Waals surface area contributed by atoms with Gasteiger partial charge in [-0.1, -0.05) is 6.07 Å². The Hall–Kier alpha value is -0.460. The second-order valence-electron chi connectivity index (χ2n) is 4.58. The van der Waals surface area contributed by atoms with Crippen LogP contribution in [0, 0.1) is 0 Å². The first-order chi connectivity index (χ1) is 9.27. The predicted octanol–water partition coefficient (Wildman–Crippen LogP) is 1.82. The Kier molecular flexibility index (Phi) is 9.03. The van der Waals surface area contributed by atoms with Crippen molar-refractivity contribution in [2.24, 2.45) is 0 Å². The first-order valence-corrected chi connectivity index (χ1v) is 7.61. The summed E-state index contributed by atoms with van der Waals surface area (Å²) in [6.07, 6.45) is 0. The number of hydrogen-bond acceptors (Lipinski definition) is 5. The Morgan fingerprint density at radius 1 is 1.26 bits per heavy atom. The summed E-state index contributed by atoms with van der Waals surface area (Å²) in [4.78, 5) is 3.78. The van der Waals surface area contributed by atoms with Crippen molar-refractivity contribution >= 4 is 11.3 Å². The fraction of sp³-hybridized carbons (Fsp3) is 0.714. The number of hydrogen-bond donors (Lipinski definition) is 1. The lowest BCUT2D eigenvalue weighted by atomic mass is 10.2. The average molecular weight is 286 g/mol. The normalized spacial score (nSPS) is 13.1. The highest BCUT2D eigenvalue weighted by atomic mass is 32.1. The summed E-state index contributed by atoms with van der Waals surface area (Å²) in [6, 6.07) is 4.73. The van der Waals surface area contributed by atoms with Gasteiger partial charge in [-0.2, -0.15) is 0 Å². The van der Waals surface area contributed by atoms with Gasteiger partial charge in [0.2, 0.25) is 0 Å². The molecule has 110 valence electrons. The van der Waals surface area contributed by atoms with Gasteiger partial charge in [-0.05, 0) is 18.4 Å². The van der Waals surface area contributed by atoms with E-state index in [4.69, 9.17) is 9.47 Å². The highest BCUT2D eigenvalue weighted by Gasteiger charge is 2.12. The van der Waals surface area contributed by atoms with Crippen LogP contribution in [0.1, 0.15) is 11.8 Å². The molecule has 1 rings (SSSR count). The molecule has 1 aromatic rings. The van der Waals surface area contributed by atoms with E-state index in [1.54, 1.807) is 25.6 Å². The van der Waals surface area contributed by atoms with E-state index in [0.29, 0.717) is 6.04 Å². The minimum Gasteiger partial charge on any atom is -0.383 e. The molecule has 0 aromatic carbocycles. The molecule has 1 aromatic heterocycles. The van der Waals surface area contributed by atoms with E-state index in [1.807, 2.05) is 0 Å². The van der Waals surface area contributed by atoms with Crippen molar-refractivity contribution in [3.8, 4) is 0 Å². The van der Waals surface area contributed by atoms with Gasteiger partial charge in [0.1, 0.15) is 0 Å². The highest BCUT2D eigenvalue weighted by Crippen LogP contribution is 2.07. The van der Waals surface area contributed by atoms with Crippen LogP contribution in [0.2, 0.25) is 0 Å². The van der Waals surface area contributed by atoms with E-state index in [9.17, 15) is 0 Å².